The Morgan fingerprint density at radius 3 is 2.40 bits per heavy atom. The summed E-state index contributed by atoms with van der Waals surface area (Å²) in [7, 11) is 0. The summed E-state index contributed by atoms with van der Waals surface area (Å²) in [5.41, 5.74) is 4.31. The van der Waals surface area contributed by atoms with Gasteiger partial charge in [-0.3, -0.25) is 4.79 Å². The van der Waals surface area contributed by atoms with Crippen molar-refractivity contribution in [2.45, 2.75) is 53.4 Å². The zero-order valence-corrected chi connectivity index (χ0v) is 15.9. The molecule has 0 saturated heterocycles. The van der Waals surface area contributed by atoms with Gasteiger partial charge in [0.2, 0.25) is 5.91 Å². The van der Waals surface area contributed by atoms with E-state index in [0.29, 0.717) is 5.92 Å². The van der Waals surface area contributed by atoms with E-state index in [0.717, 1.165) is 30.0 Å². The van der Waals surface area contributed by atoms with E-state index in [2.05, 4.69) is 54.6 Å². The fourth-order valence-electron chi connectivity index (χ4n) is 2.92. The van der Waals surface area contributed by atoms with Crippen LogP contribution in [0.4, 0.5) is 17.2 Å². The molecule has 0 aliphatic rings. The molecule has 2 aromatic rings. The second kappa shape index (κ2) is 8.65. The predicted octanol–water partition coefficient (Wildman–Crippen LogP) is 5.63. The Morgan fingerprint density at radius 1 is 1.12 bits per heavy atom. The second-order valence-electron chi connectivity index (χ2n) is 6.75. The van der Waals surface area contributed by atoms with Crippen molar-refractivity contribution in [1.82, 2.24) is 4.98 Å². The van der Waals surface area contributed by atoms with Gasteiger partial charge in [-0.1, -0.05) is 45.9 Å². The Labute approximate surface area is 151 Å². The third-order valence-electron chi connectivity index (χ3n) is 4.57. The standard InChI is InChI=1S/C21H29N3O/c1-6-16(7-2)21(25)23-17-11-12-19(22-13-17)24-20-15(5)9-8-10-18(20)14(3)4/h8-14,16H,6-7H2,1-5H3,(H,22,24)(H,23,25). The van der Waals surface area contributed by atoms with Crippen LogP contribution in [0.15, 0.2) is 36.5 Å². The van der Waals surface area contributed by atoms with Crippen molar-refractivity contribution in [2.24, 2.45) is 5.92 Å². The average Bonchev–Trinajstić information content (AvgIpc) is 2.59. The van der Waals surface area contributed by atoms with E-state index in [4.69, 9.17) is 0 Å². The maximum absolute atomic E-state index is 12.2. The third kappa shape index (κ3) is 4.81. The molecule has 2 N–H and O–H groups in total. The van der Waals surface area contributed by atoms with E-state index in [1.54, 1.807) is 6.20 Å². The minimum absolute atomic E-state index is 0.0540. The molecule has 1 heterocycles. The molecule has 0 radical (unpaired) electrons. The van der Waals surface area contributed by atoms with Crippen LogP contribution in [0.5, 0.6) is 0 Å². The molecule has 0 saturated carbocycles. The predicted molar refractivity (Wildman–Crippen MR) is 105 cm³/mol. The zero-order chi connectivity index (χ0) is 18.4. The van der Waals surface area contributed by atoms with Crippen LogP contribution in [-0.4, -0.2) is 10.9 Å². The molecule has 2 rings (SSSR count). The lowest BCUT2D eigenvalue weighted by Gasteiger charge is -2.17. The summed E-state index contributed by atoms with van der Waals surface area (Å²) >= 11 is 0. The van der Waals surface area contributed by atoms with E-state index >= 15 is 0 Å². The normalized spacial score (nSPS) is 11.0. The van der Waals surface area contributed by atoms with Crippen molar-refractivity contribution in [3.63, 3.8) is 0 Å². The highest BCUT2D eigenvalue weighted by atomic mass is 16.1. The van der Waals surface area contributed by atoms with Crippen LogP contribution < -0.4 is 10.6 Å². The number of benzene rings is 1. The van der Waals surface area contributed by atoms with E-state index in [1.807, 2.05) is 26.0 Å². The number of pyridine rings is 1. The number of para-hydroxylation sites is 1. The second-order valence-corrected chi connectivity index (χ2v) is 6.75. The van der Waals surface area contributed by atoms with Gasteiger partial charge >= 0.3 is 0 Å². The van der Waals surface area contributed by atoms with Gasteiger partial charge in [0.25, 0.3) is 0 Å². The number of hydrogen-bond donors (Lipinski definition) is 2. The molecule has 0 bridgehead atoms. The molecule has 0 atom stereocenters. The molecule has 25 heavy (non-hydrogen) atoms. The van der Waals surface area contributed by atoms with Gasteiger partial charge in [0.05, 0.1) is 11.9 Å². The summed E-state index contributed by atoms with van der Waals surface area (Å²) in [5, 5.41) is 6.37. The van der Waals surface area contributed by atoms with Gasteiger partial charge in [-0.2, -0.15) is 0 Å². The lowest BCUT2D eigenvalue weighted by atomic mass is 9.98. The summed E-state index contributed by atoms with van der Waals surface area (Å²) < 4.78 is 0. The monoisotopic (exact) mass is 339 g/mol. The summed E-state index contributed by atoms with van der Waals surface area (Å²) in [6.45, 7) is 10.5. The quantitative estimate of drug-likeness (QED) is 0.687. The van der Waals surface area contributed by atoms with E-state index < -0.39 is 0 Å². The van der Waals surface area contributed by atoms with Crippen LogP contribution in [0.2, 0.25) is 0 Å². The van der Waals surface area contributed by atoms with Crippen LogP contribution in [-0.2, 0) is 4.79 Å². The highest BCUT2D eigenvalue weighted by Gasteiger charge is 2.14. The van der Waals surface area contributed by atoms with Crippen molar-refractivity contribution in [1.29, 1.82) is 0 Å². The zero-order valence-electron chi connectivity index (χ0n) is 15.9. The summed E-state index contributed by atoms with van der Waals surface area (Å²) in [6.07, 6.45) is 3.40. The van der Waals surface area contributed by atoms with Crippen LogP contribution in [0.1, 0.15) is 57.6 Å². The van der Waals surface area contributed by atoms with Crippen molar-refractivity contribution in [2.75, 3.05) is 10.6 Å². The molecule has 0 fully saturated rings. The van der Waals surface area contributed by atoms with Gasteiger partial charge in [0, 0.05) is 11.6 Å². The minimum Gasteiger partial charge on any atom is -0.340 e. The van der Waals surface area contributed by atoms with Crippen molar-refractivity contribution in [3.05, 3.63) is 47.7 Å². The fraction of sp³-hybridized carbons (Fsp3) is 0.429. The first kappa shape index (κ1) is 19.0. The third-order valence-corrected chi connectivity index (χ3v) is 4.57. The van der Waals surface area contributed by atoms with Crippen LogP contribution >= 0.6 is 0 Å². The number of nitrogens with zero attached hydrogens (tertiary/aromatic N) is 1. The first-order chi connectivity index (χ1) is 12.0. The fourth-order valence-corrected chi connectivity index (χ4v) is 2.92. The van der Waals surface area contributed by atoms with E-state index in [1.165, 1.54) is 11.1 Å². The first-order valence-corrected chi connectivity index (χ1v) is 9.09. The number of rotatable bonds is 7. The molecule has 1 amide bonds. The van der Waals surface area contributed by atoms with Crippen molar-refractivity contribution < 1.29 is 4.79 Å². The van der Waals surface area contributed by atoms with Crippen LogP contribution in [0, 0.1) is 12.8 Å². The molecule has 4 nitrogen and oxygen atoms in total. The van der Waals surface area contributed by atoms with Gasteiger partial charge in [0.15, 0.2) is 0 Å². The summed E-state index contributed by atoms with van der Waals surface area (Å²) in [4.78, 5) is 16.6. The largest absolute Gasteiger partial charge is 0.340 e. The molecule has 0 unspecified atom stereocenters. The molecule has 0 aliphatic carbocycles. The first-order valence-electron chi connectivity index (χ1n) is 9.09. The van der Waals surface area contributed by atoms with Crippen molar-refractivity contribution in [3.8, 4) is 0 Å². The van der Waals surface area contributed by atoms with Crippen LogP contribution in [0.25, 0.3) is 0 Å². The maximum atomic E-state index is 12.2. The molecular formula is C21H29N3O. The Balaban J connectivity index is 2.13. The lowest BCUT2D eigenvalue weighted by Crippen LogP contribution is -2.21. The molecule has 0 aliphatic heterocycles. The maximum Gasteiger partial charge on any atom is 0.227 e. The van der Waals surface area contributed by atoms with Crippen LogP contribution in [0.3, 0.4) is 0 Å². The number of aromatic nitrogens is 1. The van der Waals surface area contributed by atoms with Gasteiger partial charge in [-0.15, -0.1) is 0 Å². The molecular weight excluding hydrogens is 310 g/mol. The van der Waals surface area contributed by atoms with Gasteiger partial charge in [-0.25, -0.2) is 4.98 Å². The van der Waals surface area contributed by atoms with Gasteiger partial charge in [0.1, 0.15) is 5.82 Å². The SMILES string of the molecule is CCC(CC)C(=O)Nc1ccc(Nc2c(C)cccc2C(C)C)nc1. The highest BCUT2D eigenvalue weighted by Crippen LogP contribution is 2.29. The Morgan fingerprint density at radius 2 is 1.84 bits per heavy atom. The number of hydrogen-bond acceptors (Lipinski definition) is 3. The Kier molecular flexibility index (Phi) is 6.57. The number of carbonyl (C=O) groups is 1. The number of aryl methyl sites for hydroxylation is 1. The molecule has 1 aromatic carbocycles. The molecule has 4 heteroatoms. The topological polar surface area (TPSA) is 54.0 Å². The smallest absolute Gasteiger partial charge is 0.227 e. The highest BCUT2D eigenvalue weighted by molar-refractivity contribution is 5.92. The molecule has 134 valence electrons. The van der Waals surface area contributed by atoms with Gasteiger partial charge < -0.3 is 10.6 Å². The lowest BCUT2D eigenvalue weighted by molar-refractivity contribution is -0.120. The Bertz CT molecular complexity index is 704. The summed E-state index contributed by atoms with van der Waals surface area (Å²) in [6, 6.07) is 10.1. The summed E-state index contributed by atoms with van der Waals surface area (Å²) in [5.74, 6) is 1.32. The number of carbonyl (C=O) groups excluding carboxylic acids is 1. The molecule has 0 spiro atoms. The number of nitrogens with one attached hydrogen (secondary N) is 2. The number of amides is 1. The Hall–Kier alpha value is -2.36. The molecule has 1 aromatic heterocycles. The van der Waals surface area contributed by atoms with Gasteiger partial charge in [-0.05, 0) is 48.9 Å². The van der Waals surface area contributed by atoms with E-state index in [-0.39, 0.29) is 11.8 Å². The number of anilines is 3. The van der Waals surface area contributed by atoms with E-state index in [9.17, 15) is 4.79 Å². The minimum atomic E-state index is 0.0540. The van der Waals surface area contributed by atoms with Crippen molar-refractivity contribution >= 4 is 23.1 Å². The average molecular weight is 339 g/mol.